The molecule has 0 spiro atoms. The molecule has 2 unspecified atom stereocenters. The minimum absolute atomic E-state index is 0.000406. The molecule has 1 heterocycles. The number of Topliss-reactive ketones (excluding diaryl/α,β-unsaturated/α-hetero) is 1. The Labute approximate surface area is 193 Å². The van der Waals surface area contributed by atoms with Crippen molar-refractivity contribution >= 4 is 33.4 Å². The quantitative estimate of drug-likeness (QED) is 0.444. The van der Waals surface area contributed by atoms with Crippen LogP contribution in [0.2, 0.25) is 5.02 Å². The third-order valence-corrected chi connectivity index (χ3v) is 7.50. The minimum atomic E-state index is -3.95. The van der Waals surface area contributed by atoms with Crippen molar-refractivity contribution < 1.29 is 27.5 Å². The van der Waals surface area contributed by atoms with Crippen molar-refractivity contribution in [3.8, 4) is 0 Å². The van der Waals surface area contributed by atoms with Crippen LogP contribution in [0.1, 0.15) is 47.1 Å². The molecule has 0 aliphatic carbocycles. The fraction of sp³-hybridized carbons (Fsp3) is 0.391. The first-order valence-electron chi connectivity index (χ1n) is 10.4. The molecule has 0 amide bonds. The highest BCUT2D eigenvalue weighted by Crippen LogP contribution is 2.28. The number of benzene rings is 2. The minimum Gasteiger partial charge on any atom is -0.454 e. The van der Waals surface area contributed by atoms with Crippen molar-refractivity contribution in [3.05, 3.63) is 64.2 Å². The van der Waals surface area contributed by atoms with Crippen LogP contribution in [0.25, 0.3) is 0 Å². The zero-order valence-corrected chi connectivity index (χ0v) is 19.8. The molecule has 1 fully saturated rings. The van der Waals surface area contributed by atoms with Crippen LogP contribution in [-0.4, -0.2) is 56.4 Å². The molecule has 0 N–H and O–H groups in total. The maximum Gasteiger partial charge on any atom is 0.338 e. The van der Waals surface area contributed by atoms with Gasteiger partial charge in [0.2, 0.25) is 10.0 Å². The number of hydrogen-bond donors (Lipinski definition) is 0. The molecular formula is C23H26ClNO6S. The molecule has 3 rings (SSSR count). The Kier molecular flexibility index (Phi) is 7.71. The molecule has 0 radical (unpaired) electrons. The van der Waals surface area contributed by atoms with Crippen molar-refractivity contribution in [1.29, 1.82) is 0 Å². The van der Waals surface area contributed by atoms with Gasteiger partial charge in [0.1, 0.15) is 4.90 Å². The largest absolute Gasteiger partial charge is 0.454 e. The van der Waals surface area contributed by atoms with Gasteiger partial charge in [-0.15, -0.1) is 0 Å². The SMILES string of the molecule is CCc1ccc(C(=O)COC(=O)c2ccc(Cl)c(S(=O)(=O)N3CC(C)OC(C)C3)c2)cc1. The average molecular weight is 480 g/mol. The van der Waals surface area contributed by atoms with Crippen molar-refractivity contribution in [2.75, 3.05) is 19.7 Å². The molecule has 2 atom stereocenters. The van der Waals surface area contributed by atoms with Gasteiger partial charge in [-0.1, -0.05) is 42.8 Å². The van der Waals surface area contributed by atoms with Crippen molar-refractivity contribution in [2.45, 2.75) is 44.3 Å². The van der Waals surface area contributed by atoms with Crippen LogP contribution in [0, 0.1) is 0 Å². The van der Waals surface area contributed by atoms with Crippen LogP contribution >= 0.6 is 11.6 Å². The van der Waals surface area contributed by atoms with E-state index in [1.165, 1.54) is 22.5 Å². The van der Waals surface area contributed by atoms with E-state index in [1.54, 1.807) is 26.0 Å². The summed E-state index contributed by atoms with van der Waals surface area (Å²) in [5.41, 5.74) is 1.53. The molecule has 9 heteroatoms. The number of rotatable bonds is 7. The first-order valence-corrected chi connectivity index (χ1v) is 12.2. The lowest BCUT2D eigenvalue weighted by atomic mass is 10.1. The molecular weight excluding hydrogens is 454 g/mol. The Morgan fingerprint density at radius 1 is 1.06 bits per heavy atom. The van der Waals surface area contributed by atoms with Gasteiger partial charge in [-0.25, -0.2) is 13.2 Å². The van der Waals surface area contributed by atoms with Gasteiger partial charge in [-0.05, 0) is 44.0 Å². The zero-order chi connectivity index (χ0) is 23.5. The fourth-order valence-electron chi connectivity index (χ4n) is 3.52. The molecule has 1 aliphatic rings. The Bertz CT molecular complexity index is 1090. The van der Waals surface area contributed by atoms with E-state index in [9.17, 15) is 18.0 Å². The second-order valence-corrected chi connectivity index (χ2v) is 10.1. The Morgan fingerprint density at radius 2 is 1.66 bits per heavy atom. The number of aryl methyl sites for hydroxylation is 1. The summed E-state index contributed by atoms with van der Waals surface area (Å²) >= 11 is 6.17. The fourth-order valence-corrected chi connectivity index (χ4v) is 5.61. The van der Waals surface area contributed by atoms with E-state index in [1.807, 2.05) is 19.1 Å². The highest BCUT2D eigenvalue weighted by molar-refractivity contribution is 7.89. The molecule has 1 saturated heterocycles. The number of halogens is 1. The summed E-state index contributed by atoms with van der Waals surface area (Å²) in [7, 11) is -3.95. The lowest BCUT2D eigenvalue weighted by Gasteiger charge is -2.34. The standard InChI is InChI=1S/C23H26ClNO6S/c1-4-17-5-7-18(8-6-17)21(26)14-30-23(27)19-9-10-20(24)22(11-19)32(28,29)25-12-15(2)31-16(3)13-25/h5-11,15-16H,4,12-14H2,1-3H3. The van der Waals surface area contributed by atoms with Crippen LogP contribution < -0.4 is 0 Å². The van der Waals surface area contributed by atoms with Gasteiger partial charge in [-0.2, -0.15) is 4.31 Å². The number of ether oxygens (including phenoxy) is 2. The molecule has 2 aromatic carbocycles. The van der Waals surface area contributed by atoms with Crippen LogP contribution in [0.3, 0.4) is 0 Å². The van der Waals surface area contributed by atoms with Gasteiger partial charge < -0.3 is 9.47 Å². The Balaban J connectivity index is 1.74. The zero-order valence-electron chi connectivity index (χ0n) is 18.2. The van der Waals surface area contributed by atoms with Crippen molar-refractivity contribution in [3.63, 3.8) is 0 Å². The second kappa shape index (κ2) is 10.1. The number of hydrogen-bond acceptors (Lipinski definition) is 6. The summed E-state index contributed by atoms with van der Waals surface area (Å²) in [6, 6.07) is 11.0. The molecule has 0 bridgehead atoms. The summed E-state index contributed by atoms with van der Waals surface area (Å²) in [6.07, 6.45) is 0.323. The molecule has 1 aliphatic heterocycles. The smallest absolute Gasteiger partial charge is 0.338 e. The van der Waals surface area contributed by atoms with Crippen LogP contribution in [-0.2, 0) is 25.9 Å². The van der Waals surface area contributed by atoms with E-state index in [2.05, 4.69) is 0 Å². The van der Waals surface area contributed by atoms with Crippen molar-refractivity contribution in [1.82, 2.24) is 4.31 Å². The number of nitrogens with zero attached hydrogens (tertiary/aromatic N) is 1. The van der Waals surface area contributed by atoms with E-state index >= 15 is 0 Å². The van der Waals surface area contributed by atoms with E-state index in [0.29, 0.717) is 5.56 Å². The average Bonchev–Trinajstić information content (AvgIpc) is 2.76. The number of carbonyl (C=O) groups excluding carboxylic acids is 2. The summed E-state index contributed by atoms with van der Waals surface area (Å²) < 4.78 is 38.3. The van der Waals surface area contributed by atoms with E-state index in [4.69, 9.17) is 21.1 Å². The number of esters is 1. The van der Waals surface area contributed by atoms with Gasteiger partial charge in [0.15, 0.2) is 12.4 Å². The number of carbonyl (C=O) groups is 2. The molecule has 2 aromatic rings. The van der Waals surface area contributed by atoms with Gasteiger partial charge in [0.25, 0.3) is 0 Å². The van der Waals surface area contributed by atoms with E-state index < -0.39 is 22.6 Å². The lowest BCUT2D eigenvalue weighted by Crippen LogP contribution is -2.48. The normalized spacial score (nSPS) is 19.5. The van der Waals surface area contributed by atoms with E-state index in [0.717, 1.165) is 12.0 Å². The summed E-state index contributed by atoms with van der Waals surface area (Å²) in [5.74, 6) is -1.15. The second-order valence-electron chi connectivity index (χ2n) is 7.77. The maximum absolute atomic E-state index is 13.2. The summed E-state index contributed by atoms with van der Waals surface area (Å²) in [6.45, 7) is 5.51. The maximum atomic E-state index is 13.2. The first-order chi connectivity index (χ1) is 15.1. The predicted molar refractivity (Wildman–Crippen MR) is 121 cm³/mol. The van der Waals surface area contributed by atoms with E-state index in [-0.39, 0.29) is 46.6 Å². The number of sulfonamides is 1. The van der Waals surface area contributed by atoms with Crippen LogP contribution in [0.5, 0.6) is 0 Å². The van der Waals surface area contributed by atoms with Crippen molar-refractivity contribution in [2.24, 2.45) is 0 Å². The number of morpholine rings is 1. The van der Waals surface area contributed by atoms with Gasteiger partial charge >= 0.3 is 5.97 Å². The lowest BCUT2D eigenvalue weighted by molar-refractivity contribution is -0.0440. The summed E-state index contributed by atoms with van der Waals surface area (Å²) in [5, 5.41) is 0.000406. The van der Waals surface area contributed by atoms with Gasteiger partial charge in [0.05, 0.1) is 22.8 Å². The highest BCUT2D eigenvalue weighted by atomic mass is 35.5. The topological polar surface area (TPSA) is 90.0 Å². The van der Waals surface area contributed by atoms with Crippen LogP contribution in [0.15, 0.2) is 47.4 Å². The van der Waals surface area contributed by atoms with Gasteiger partial charge in [0, 0.05) is 18.7 Å². The molecule has 32 heavy (non-hydrogen) atoms. The van der Waals surface area contributed by atoms with Crippen LogP contribution in [0.4, 0.5) is 0 Å². The molecule has 0 saturated carbocycles. The summed E-state index contributed by atoms with van der Waals surface area (Å²) in [4.78, 5) is 24.6. The predicted octanol–water partition coefficient (Wildman–Crippen LogP) is 3.74. The highest BCUT2D eigenvalue weighted by Gasteiger charge is 2.34. The molecule has 0 aromatic heterocycles. The molecule has 7 nitrogen and oxygen atoms in total. The van der Waals surface area contributed by atoms with Gasteiger partial charge in [-0.3, -0.25) is 4.79 Å². The monoisotopic (exact) mass is 479 g/mol. The Hall–Kier alpha value is -2.26. The molecule has 172 valence electrons. The number of ketones is 1. The third-order valence-electron chi connectivity index (χ3n) is 5.19. The third kappa shape index (κ3) is 5.56. The first kappa shape index (κ1) is 24.4. The Morgan fingerprint density at radius 3 is 2.25 bits per heavy atom.